The first-order chi connectivity index (χ1) is 15.0. The quantitative estimate of drug-likeness (QED) is 0.690. The van der Waals surface area contributed by atoms with Crippen molar-refractivity contribution in [2.75, 3.05) is 32.8 Å². The molecule has 0 aromatic carbocycles. The van der Waals surface area contributed by atoms with Crippen LogP contribution in [-0.4, -0.2) is 76.7 Å². The topological polar surface area (TPSA) is 100 Å². The van der Waals surface area contributed by atoms with Crippen molar-refractivity contribution < 1.29 is 37.4 Å². The number of ether oxygens (including phenoxy) is 1. The molecule has 2 fully saturated rings. The van der Waals surface area contributed by atoms with Crippen molar-refractivity contribution in [1.29, 1.82) is 0 Å². The maximum Gasteiger partial charge on any atom is 0.490 e. The monoisotopic (exact) mass is 459 g/mol. The number of carboxylic acids is 1. The minimum atomic E-state index is -5.08. The van der Waals surface area contributed by atoms with Gasteiger partial charge in [0, 0.05) is 51.4 Å². The number of aromatic nitrogens is 1. The molecule has 0 saturated carbocycles. The van der Waals surface area contributed by atoms with E-state index in [2.05, 4.69) is 16.0 Å². The molecule has 8 nitrogen and oxygen atoms in total. The zero-order chi connectivity index (χ0) is 23.9. The van der Waals surface area contributed by atoms with Gasteiger partial charge in [-0.1, -0.05) is 6.07 Å². The van der Waals surface area contributed by atoms with Gasteiger partial charge in [-0.05, 0) is 37.9 Å². The lowest BCUT2D eigenvalue weighted by Crippen LogP contribution is -2.42. The van der Waals surface area contributed by atoms with E-state index in [1.807, 2.05) is 24.1 Å². The second-order valence-corrected chi connectivity index (χ2v) is 7.98. The highest BCUT2D eigenvalue weighted by atomic mass is 19.4. The Balaban J connectivity index is 0.000000451. The Bertz CT molecular complexity index is 806. The molecule has 2 saturated heterocycles. The zero-order valence-electron chi connectivity index (χ0n) is 18.1. The van der Waals surface area contributed by atoms with Crippen LogP contribution in [0.5, 0.6) is 0 Å². The fraction of sp³-hybridized carbons (Fsp3) is 0.619. The third kappa shape index (κ3) is 6.41. The lowest BCUT2D eigenvalue weighted by atomic mass is 9.75. The lowest BCUT2D eigenvalue weighted by Gasteiger charge is -2.31. The number of halogens is 3. The zero-order valence-corrected chi connectivity index (χ0v) is 18.1. The molecule has 2 aliphatic rings. The molecule has 3 rings (SSSR count). The number of alkyl halides is 3. The minimum Gasteiger partial charge on any atom is -0.475 e. The van der Waals surface area contributed by atoms with E-state index in [0.717, 1.165) is 32.5 Å². The highest BCUT2D eigenvalue weighted by Gasteiger charge is 2.54. The predicted molar refractivity (Wildman–Crippen MR) is 107 cm³/mol. The number of carbonyl (C=O) groups excluding carboxylic acids is 2. The first kappa shape index (κ1) is 25.6. The van der Waals surface area contributed by atoms with Crippen LogP contribution in [0.2, 0.25) is 0 Å². The number of pyridine rings is 1. The number of rotatable bonds is 4. The number of amides is 1. The number of esters is 1. The highest BCUT2D eigenvalue weighted by molar-refractivity contribution is 5.81. The Hall–Kier alpha value is -2.69. The molecule has 2 atom stereocenters. The summed E-state index contributed by atoms with van der Waals surface area (Å²) in [7, 11) is 0. The molecule has 0 radical (unpaired) electrons. The fourth-order valence-corrected chi connectivity index (χ4v) is 4.25. The van der Waals surface area contributed by atoms with Crippen LogP contribution in [0.25, 0.3) is 0 Å². The number of hydrogen-bond acceptors (Lipinski definition) is 6. The summed E-state index contributed by atoms with van der Waals surface area (Å²) in [5.74, 6) is -2.73. The molecule has 0 spiro atoms. The van der Waals surface area contributed by atoms with Crippen molar-refractivity contribution in [2.24, 2.45) is 11.3 Å². The molecule has 3 heterocycles. The summed E-state index contributed by atoms with van der Waals surface area (Å²) < 4.78 is 37.2. The average Bonchev–Trinajstić information content (AvgIpc) is 3.00. The standard InChI is InChI=1S/C19H27N3O3.C2HF3O2/c1-3-25-18(24)19-7-5-9-21(11-16-6-4-8-20-10-16)12-17(19)13-22(14-19)15(2)23;3-2(4,5)1(6)7/h4,6,8,10,17H,3,5,7,9,11-14H2,1-2H3;(H,6,7)/t17-,19-;/m0./s1. The van der Waals surface area contributed by atoms with Crippen molar-refractivity contribution in [2.45, 2.75) is 39.4 Å². The van der Waals surface area contributed by atoms with Gasteiger partial charge in [0.2, 0.25) is 5.91 Å². The maximum atomic E-state index is 12.8. The summed E-state index contributed by atoms with van der Waals surface area (Å²) in [5.41, 5.74) is 0.623. The number of aliphatic carboxylic acids is 1. The molecule has 1 aromatic rings. The fourth-order valence-electron chi connectivity index (χ4n) is 4.25. The number of hydrogen-bond donors (Lipinski definition) is 1. The van der Waals surface area contributed by atoms with Crippen LogP contribution < -0.4 is 0 Å². The second-order valence-electron chi connectivity index (χ2n) is 7.98. The molecule has 1 aromatic heterocycles. The van der Waals surface area contributed by atoms with Crippen LogP contribution in [-0.2, 0) is 25.7 Å². The van der Waals surface area contributed by atoms with Gasteiger partial charge in [-0.2, -0.15) is 13.2 Å². The van der Waals surface area contributed by atoms with E-state index in [1.165, 1.54) is 5.56 Å². The van der Waals surface area contributed by atoms with Gasteiger partial charge >= 0.3 is 18.1 Å². The number of carboxylic acid groups (broad SMARTS) is 1. The molecule has 2 aliphatic heterocycles. The third-order valence-electron chi connectivity index (χ3n) is 5.77. The van der Waals surface area contributed by atoms with Crippen molar-refractivity contribution in [1.82, 2.24) is 14.8 Å². The van der Waals surface area contributed by atoms with E-state index >= 15 is 0 Å². The maximum absolute atomic E-state index is 12.8. The summed E-state index contributed by atoms with van der Waals surface area (Å²) >= 11 is 0. The van der Waals surface area contributed by atoms with Gasteiger partial charge in [0.25, 0.3) is 0 Å². The Morgan fingerprint density at radius 1 is 1.31 bits per heavy atom. The molecular weight excluding hydrogens is 431 g/mol. The van der Waals surface area contributed by atoms with Crippen molar-refractivity contribution in [3.63, 3.8) is 0 Å². The van der Waals surface area contributed by atoms with E-state index in [0.29, 0.717) is 19.7 Å². The van der Waals surface area contributed by atoms with Gasteiger partial charge in [0.1, 0.15) is 0 Å². The van der Waals surface area contributed by atoms with E-state index in [9.17, 15) is 22.8 Å². The molecular formula is C21H28F3N3O5. The van der Waals surface area contributed by atoms with E-state index in [4.69, 9.17) is 14.6 Å². The van der Waals surface area contributed by atoms with Crippen molar-refractivity contribution >= 4 is 17.8 Å². The van der Waals surface area contributed by atoms with Gasteiger partial charge in [-0.15, -0.1) is 0 Å². The summed E-state index contributed by atoms with van der Waals surface area (Å²) in [6, 6.07) is 4.02. The van der Waals surface area contributed by atoms with E-state index < -0.39 is 17.6 Å². The van der Waals surface area contributed by atoms with Crippen LogP contribution in [0.15, 0.2) is 24.5 Å². The van der Waals surface area contributed by atoms with Crippen LogP contribution in [0.4, 0.5) is 13.2 Å². The normalized spacial score (nSPS) is 23.4. The summed E-state index contributed by atoms with van der Waals surface area (Å²) in [5, 5.41) is 7.12. The Labute approximate surface area is 184 Å². The number of likely N-dealkylation sites (tertiary alicyclic amines) is 2. The molecule has 0 unspecified atom stereocenters. The summed E-state index contributed by atoms with van der Waals surface area (Å²) in [6.45, 7) is 7.51. The Kier molecular flexibility index (Phi) is 8.59. The average molecular weight is 459 g/mol. The smallest absolute Gasteiger partial charge is 0.475 e. The minimum absolute atomic E-state index is 0.0376. The molecule has 11 heteroatoms. The van der Waals surface area contributed by atoms with E-state index in [-0.39, 0.29) is 17.8 Å². The van der Waals surface area contributed by atoms with Crippen LogP contribution in [0.1, 0.15) is 32.3 Å². The largest absolute Gasteiger partial charge is 0.490 e. The highest BCUT2D eigenvalue weighted by Crippen LogP contribution is 2.44. The predicted octanol–water partition coefficient (Wildman–Crippen LogP) is 2.34. The Morgan fingerprint density at radius 2 is 2.00 bits per heavy atom. The first-order valence-corrected chi connectivity index (χ1v) is 10.3. The molecule has 0 aliphatic carbocycles. The first-order valence-electron chi connectivity index (χ1n) is 10.3. The number of carbonyl (C=O) groups is 3. The molecule has 178 valence electrons. The van der Waals surface area contributed by atoms with Gasteiger partial charge < -0.3 is 14.7 Å². The van der Waals surface area contributed by atoms with Crippen LogP contribution in [0, 0.1) is 11.3 Å². The van der Waals surface area contributed by atoms with Crippen molar-refractivity contribution in [3.8, 4) is 0 Å². The Morgan fingerprint density at radius 3 is 2.53 bits per heavy atom. The third-order valence-corrected chi connectivity index (χ3v) is 5.77. The van der Waals surface area contributed by atoms with E-state index in [1.54, 1.807) is 13.1 Å². The summed E-state index contributed by atoms with van der Waals surface area (Å²) in [4.78, 5) is 42.0. The number of fused-ring (bicyclic) bond motifs is 1. The van der Waals surface area contributed by atoms with Crippen molar-refractivity contribution in [3.05, 3.63) is 30.1 Å². The van der Waals surface area contributed by atoms with Gasteiger partial charge in [-0.25, -0.2) is 4.79 Å². The SMILES string of the molecule is CCOC(=O)[C@]12CCCN(Cc3cccnc3)C[C@H]1CN(C(C)=O)C2.O=C(O)C(F)(F)F. The number of nitrogens with zero attached hydrogens (tertiary/aromatic N) is 3. The lowest BCUT2D eigenvalue weighted by molar-refractivity contribution is -0.192. The molecule has 1 amide bonds. The molecule has 32 heavy (non-hydrogen) atoms. The second kappa shape index (κ2) is 10.8. The summed E-state index contributed by atoms with van der Waals surface area (Å²) in [6.07, 6.45) is 0.296. The van der Waals surface area contributed by atoms with Crippen LogP contribution >= 0.6 is 0 Å². The molecule has 0 bridgehead atoms. The molecule has 1 N–H and O–H groups in total. The van der Waals surface area contributed by atoms with Gasteiger partial charge in [0.05, 0.1) is 12.0 Å². The van der Waals surface area contributed by atoms with Crippen LogP contribution in [0.3, 0.4) is 0 Å². The van der Waals surface area contributed by atoms with Gasteiger partial charge in [0.15, 0.2) is 0 Å². The van der Waals surface area contributed by atoms with Gasteiger partial charge in [-0.3, -0.25) is 19.5 Å².